The Morgan fingerprint density at radius 2 is 2.20 bits per heavy atom. The fourth-order valence-electron chi connectivity index (χ4n) is 1.31. The van der Waals surface area contributed by atoms with E-state index in [0.29, 0.717) is 10.9 Å². The van der Waals surface area contributed by atoms with Crippen molar-refractivity contribution in [2.45, 2.75) is 6.92 Å². The second-order valence-corrected chi connectivity index (χ2v) is 3.49. The van der Waals surface area contributed by atoms with Gasteiger partial charge in [0.15, 0.2) is 0 Å². The van der Waals surface area contributed by atoms with E-state index in [9.17, 15) is 9.18 Å². The number of H-pyrrole nitrogens is 1. The van der Waals surface area contributed by atoms with Crippen LogP contribution in [-0.4, -0.2) is 11.0 Å². The molecule has 0 saturated heterocycles. The number of fused-ring (bicyclic) bond motifs is 1. The van der Waals surface area contributed by atoms with Gasteiger partial charge in [0.05, 0.1) is 10.5 Å². The number of carbonyl (C=O) groups excluding carboxylic acids is 1. The van der Waals surface area contributed by atoms with Crippen LogP contribution in [0.5, 0.6) is 5.88 Å². The lowest BCUT2D eigenvalue weighted by atomic mass is 10.2. The minimum Gasteiger partial charge on any atom is -0.410 e. The number of hydrogen-bond acceptors (Lipinski definition) is 2. The van der Waals surface area contributed by atoms with Crippen molar-refractivity contribution in [1.29, 1.82) is 0 Å². The van der Waals surface area contributed by atoms with Gasteiger partial charge in [-0.2, -0.15) is 0 Å². The average Bonchev–Trinajstić information content (AvgIpc) is 2.46. The normalized spacial score (nSPS) is 10.6. The van der Waals surface area contributed by atoms with Gasteiger partial charge in [-0.1, -0.05) is 11.6 Å². The summed E-state index contributed by atoms with van der Waals surface area (Å²) in [6, 6.07) is 4.31. The van der Waals surface area contributed by atoms with Crippen molar-refractivity contribution in [3.63, 3.8) is 0 Å². The van der Waals surface area contributed by atoms with Gasteiger partial charge in [-0.05, 0) is 12.1 Å². The minimum atomic E-state index is -0.514. The maximum atomic E-state index is 13.1. The van der Waals surface area contributed by atoms with Crippen LogP contribution in [0.25, 0.3) is 10.9 Å². The number of halogens is 2. The molecular weight excluding hydrogens is 221 g/mol. The minimum absolute atomic E-state index is 0.0378. The van der Waals surface area contributed by atoms with Crippen molar-refractivity contribution in [2.24, 2.45) is 0 Å². The molecule has 1 aromatic heterocycles. The molecule has 3 nitrogen and oxygen atoms in total. The SMILES string of the molecule is CC(=O)Oc1cc2cc(Cl)c(F)cc2[nH]1. The van der Waals surface area contributed by atoms with Gasteiger partial charge in [0.2, 0.25) is 5.88 Å². The van der Waals surface area contributed by atoms with Crippen LogP contribution >= 0.6 is 11.6 Å². The molecule has 1 N–H and O–H groups in total. The summed E-state index contributed by atoms with van der Waals surface area (Å²) in [5.41, 5.74) is 0.535. The highest BCUT2D eigenvalue weighted by atomic mass is 35.5. The molecular formula is C10H7ClFNO2. The van der Waals surface area contributed by atoms with E-state index in [1.807, 2.05) is 0 Å². The Kier molecular flexibility index (Phi) is 2.36. The third kappa shape index (κ3) is 1.94. The first-order valence-electron chi connectivity index (χ1n) is 4.22. The molecule has 0 aliphatic carbocycles. The van der Waals surface area contributed by atoms with Crippen LogP contribution in [0.4, 0.5) is 4.39 Å². The molecule has 5 heteroatoms. The summed E-state index contributed by atoms with van der Waals surface area (Å²) >= 11 is 5.61. The smallest absolute Gasteiger partial charge is 0.309 e. The zero-order valence-corrected chi connectivity index (χ0v) is 8.56. The van der Waals surface area contributed by atoms with E-state index >= 15 is 0 Å². The summed E-state index contributed by atoms with van der Waals surface area (Å²) in [6.07, 6.45) is 0. The molecule has 1 aromatic carbocycles. The van der Waals surface area contributed by atoms with Crippen molar-refractivity contribution in [1.82, 2.24) is 4.98 Å². The van der Waals surface area contributed by atoms with Gasteiger partial charge >= 0.3 is 5.97 Å². The van der Waals surface area contributed by atoms with Crippen molar-refractivity contribution in [3.05, 3.63) is 29.0 Å². The largest absolute Gasteiger partial charge is 0.410 e. The van der Waals surface area contributed by atoms with Gasteiger partial charge in [-0.3, -0.25) is 4.79 Å². The first-order valence-corrected chi connectivity index (χ1v) is 4.60. The van der Waals surface area contributed by atoms with Gasteiger partial charge in [0, 0.05) is 18.4 Å². The highest BCUT2D eigenvalue weighted by molar-refractivity contribution is 6.31. The number of esters is 1. The predicted molar refractivity (Wildman–Crippen MR) is 54.6 cm³/mol. The molecule has 0 aliphatic rings. The standard InChI is InChI=1S/C10H7ClFNO2/c1-5(14)15-10-3-6-2-7(11)8(12)4-9(6)13-10/h2-4,13H,1H3. The Labute approximate surface area is 89.8 Å². The predicted octanol–water partition coefficient (Wildman–Crippen LogP) is 2.89. The Balaban J connectivity index is 2.51. The number of carbonyl (C=O) groups is 1. The molecule has 2 aromatic rings. The van der Waals surface area contributed by atoms with E-state index in [0.717, 1.165) is 0 Å². The van der Waals surface area contributed by atoms with Gasteiger partial charge in [0.1, 0.15) is 5.82 Å². The molecule has 0 unspecified atom stereocenters. The second kappa shape index (κ2) is 3.55. The first-order chi connectivity index (χ1) is 7.06. The molecule has 78 valence electrons. The van der Waals surface area contributed by atoms with Crippen molar-refractivity contribution in [3.8, 4) is 5.88 Å². The number of ether oxygens (including phenoxy) is 1. The molecule has 0 spiro atoms. The van der Waals surface area contributed by atoms with E-state index in [1.54, 1.807) is 6.07 Å². The fourth-order valence-corrected chi connectivity index (χ4v) is 1.48. The van der Waals surface area contributed by atoms with Gasteiger partial charge < -0.3 is 9.72 Å². The van der Waals surface area contributed by atoms with Crippen LogP contribution in [-0.2, 0) is 4.79 Å². The van der Waals surface area contributed by atoms with Crippen LogP contribution < -0.4 is 4.74 Å². The lowest BCUT2D eigenvalue weighted by molar-refractivity contribution is -0.132. The van der Waals surface area contributed by atoms with E-state index in [-0.39, 0.29) is 10.9 Å². The van der Waals surface area contributed by atoms with Crippen LogP contribution in [0.15, 0.2) is 18.2 Å². The Morgan fingerprint density at radius 3 is 2.87 bits per heavy atom. The highest BCUT2D eigenvalue weighted by Crippen LogP contribution is 2.26. The molecule has 1 heterocycles. The molecule has 2 rings (SSSR count). The van der Waals surface area contributed by atoms with E-state index < -0.39 is 11.8 Å². The van der Waals surface area contributed by atoms with Gasteiger partial charge in [0.25, 0.3) is 0 Å². The molecule has 0 fully saturated rings. The molecule has 0 atom stereocenters. The summed E-state index contributed by atoms with van der Waals surface area (Å²) < 4.78 is 17.9. The molecule has 15 heavy (non-hydrogen) atoms. The molecule has 0 radical (unpaired) electrons. The maximum Gasteiger partial charge on any atom is 0.309 e. The Hall–Kier alpha value is -1.55. The van der Waals surface area contributed by atoms with Crippen LogP contribution in [0, 0.1) is 5.82 Å². The maximum absolute atomic E-state index is 13.1. The van der Waals surface area contributed by atoms with E-state index in [1.165, 1.54) is 19.1 Å². The lowest BCUT2D eigenvalue weighted by Crippen LogP contribution is -2.00. The summed E-state index contributed by atoms with van der Waals surface area (Å²) in [5.74, 6) is -0.673. The van der Waals surface area contributed by atoms with Crippen LogP contribution in [0.3, 0.4) is 0 Å². The number of hydrogen-bond donors (Lipinski definition) is 1. The summed E-state index contributed by atoms with van der Waals surface area (Å²) in [4.78, 5) is 13.4. The van der Waals surface area contributed by atoms with Crippen molar-refractivity contribution >= 4 is 28.5 Å². The Morgan fingerprint density at radius 1 is 1.47 bits per heavy atom. The molecule has 0 amide bonds. The molecule has 0 aliphatic heterocycles. The number of rotatable bonds is 1. The lowest BCUT2D eigenvalue weighted by Gasteiger charge is -1.94. The summed E-state index contributed by atoms with van der Waals surface area (Å²) in [5, 5.41) is 0.730. The summed E-state index contributed by atoms with van der Waals surface area (Å²) in [6.45, 7) is 1.29. The van der Waals surface area contributed by atoms with Crippen molar-refractivity contribution in [2.75, 3.05) is 0 Å². The number of aromatic nitrogens is 1. The van der Waals surface area contributed by atoms with Gasteiger partial charge in [-0.15, -0.1) is 0 Å². The molecule has 0 saturated carbocycles. The third-order valence-electron chi connectivity index (χ3n) is 1.89. The number of nitrogens with one attached hydrogen (secondary N) is 1. The van der Waals surface area contributed by atoms with Crippen LogP contribution in [0.2, 0.25) is 5.02 Å². The topological polar surface area (TPSA) is 42.1 Å². The summed E-state index contributed by atoms with van der Waals surface area (Å²) in [7, 11) is 0. The van der Waals surface area contributed by atoms with E-state index in [2.05, 4.69) is 4.98 Å². The third-order valence-corrected chi connectivity index (χ3v) is 2.18. The first kappa shape index (κ1) is 9.98. The monoisotopic (exact) mass is 227 g/mol. The Bertz CT molecular complexity index is 496. The van der Waals surface area contributed by atoms with Gasteiger partial charge in [-0.25, -0.2) is 4.39 Å². The average molecular weight is 228 g/mol. The zero-order chi connectivity index (χ0) is 11.0. The fraction of sp³-hybridized carbons (Fsp3) is 0.100. The number of benzene rings is 1. The molecule has 0 bridgehead atoms. The number of aromatic amines is 1. The zero-order valence-electron chi connectivity index (χ0n) is 7.80. The second-order valence-electron chi connectivity index (χ2n) is 3.08. The van der Waals surface area contributed by atoms with Crippen LogP contribution in [0.1, 0.15) is 6.92 Å². The van der Waals surface area contributed by atoms with Crippen molar-refractivity contribution < 1.29 is 13.9 Å². The quantitative estimate of drug-likeness (QED) is 0.761. The highest BCUT2D eigenvalue weighted by Gasteiger charge is 2.07. The van der Waals surface area contributed by atoms with E-state index in [4.69, 9.17) is 16.3 Å².